The molecule has 5 rings (SSSR count). The number of ether oxygens (including phenoxy) is 1. The van der Waals surface area contributed by atoms with Gasteiger partial charge in [0.1, 0.15) is 29.3 Å². The summed E-state index contributed by atoms with van der Waals surface area (Å²) < 4.78 is 5.45. The van der Waals surface area contributed by atoms with Crippen molar-refractivity contribution >= 4 is 28.5 Å². The Labute approximate surface area is 217 Å². The summed E-state index contributed by atoms with van der Waals surface area (Å²) in [6.45, 7) is 0.534. The third kappa shape index (κ3) is 5.22. The Hall–Kier alpha value is -3.34. The van der Waals surface area contributed by atoms with Gasteiger partial charge in [-0.15, -0.1) is 0 Å². The largest absolute Gasteiger partial charge is 0.496 e. The molecule has 0 bridgehead atoms. The fraction of sp³-hybridized carbons (Fsp3) is 0.586. The van der Waals surface area contributed by atoms with Gasteiger partial charge >= 0.3 is 0 Å². The van der Waals surface area contributed by atoms with Crippen molar-refractivity contribution in [2.45, 2.75) is 76.3 Å². The van der Waals surface area contributed by atoms with Crippen LogP contribution in [0.15, 0.2) is 24.3 Å². The quantitative estimate of drug-likeness (QED) is 0.582. The van der Waals surface area contributed by atoms with Gasteiger partial charge in [-0.3, -0.25) is 14.4 Å². The maximum atomic E-state index is 13.8. The minimum Gasteiger partial charge on any atom is -0.496 e. The number of hydrogen-bond acceptors (Lipinski definition) is 5. The average molecular weight is 505 g/mol. The van der Waals surface area contributed by atoms with E-state index in [0.29, 0.717) is 43.2 Å². The maximum Gasteiger partial charge on any atom is 0.270 e. The zero-order valence-corrected chi connectivity index (χ0v) is 21.5. The first-order valence-electron chi connectivity index (χ1n) is 13.7. The summed E-state index contributed by atoms with van der Waals surface area (Å²) in [4.78, 5) is 44.5. The molecule has 2 saturated carbocycles. The highest BCUT2D eigenvalue weighted by atomic mass is 16.5. The van der Waals surface area contributed by atoms with Crippen molar-refractivity contribution in [3.63, 3.8) is 0 Å². The average Bonchev–Trinajstić information content (AvgIpc) is 3.68. The molecule has 3 aliphatic rings. The monoisotopic (exact) mass is 504 g/mol. The van der Waals surface area contributed by atoms with Crippen molar-refractivity contribution in [3.8, 4) is 11.8 Å². The molecule has 8 nitrogen and oxygen atoms in total. The van der Waals surface area contributed by atoms with Gasteiger partial charge in [0, 0.05) is 29.8 Å². The van der Waals surface area contributed by atoms with E-state index in [2.05, 4.69) is 16.4 Å². The van der Waals surface area contributed by atoms with Crippen LogP contribution in [-0.4, -0.2) is 53.2 Å². The molecule has 1 aliphatic heterocycles. The number of rotatable bonds is 7. The lowest BCUT2D eigenvalue weighted by atomic mass is 9.84. The number of benzene rings is 1. The van der Waals surface area contributed by atoms with Crippen molar-refractivity contribution in [1.29, 1.82) is 5.26 Å². The number of aromatic nitrogens is 1. The summed E-state index contributed by atoms with van der Waals surface area (Å²) in [6, 6.07) is 8.23. The third-order valence-corrected chi connectivity index (χ3v) is 8.71. The van der Waals surface area contributed by atoms with Gasteiger partial charge in [-0.1, -0.05) is 38.2 Å². The number of carbonyl (C=O) groups excluding carboxylic acids is 3. The van der Waals surface area contributed by atoms with E-state index in [4.69, 9.17) is 4.74 Å². The Morgan fingerprint density at radius 2 is 1.97 bits per heavy atom. The van der Waals surface area contributed by atoms with Crippen molar-refractivity contribution in [3.05, 3.63) is 30.0 Å². The Morgan fingerprint density at radius 1 is 1.19 bits per heavy atom. The molecule has 0 spiro atoms. The van der Waals surface area contributed by atoms with Crippen LogP contribution in [-0.2, 0) is 9.59 Å². The van der Waals surface area contributed by atoms with Gasteiger partial charge in [0.25, 0.3) is 5.91 Å². The first-order chi connectivity index (χ1) is 18.0. The first kappa shape index (κ1) is 25.3. The number of aromatic amines is 1. The number of likely N-dealkylation sites (tertiary alicyclic amines) is 1. The number of amides is 2. The highest BCUT2D eigenvalue weighted by molar-refractivity contribution is 6.01. The highest BCUT2D eigenvalue weighted by Crippen LogP contribution is 2.39. The lowest BCUT2D eigenvalue weighted by molar-refractivity contribution is -0.127. The van der Waals surface area contributed by atoms with Gasteiger partial charge in [0.2, 0.25) is 5.91 Å². The second-order valence-corrected chi connectivity index (χ2v) is 11.0. The topological polar surface area (TPSA) is 115 Å². The number of Topliss-reactive ketones (excluding diaryl/α,β-unsaturated/α-hetero) is 1. The molecule has 0 radical (unpaired) electrons. The summed E-state index contributed by atoms with van der Waals surface area (Å²) >= 11 is 0. The zero-order valence-electron chi connectivity index (χ0n) is 21.5. The number of nitrogens with one attached hydrogen (secondary N) is 2. The number of methoxy groups -OCH3 is 1. The van der Waals surface area contributed by atoms with E-state index in [1.54, 1.807) is 18.1 Å². The first-order valence-corrected chi connectivity index (χ1v) is 13.7. The molecule has 4 atom stereocenters. The molecular formula is C29H36N4O4. The number of H-pyrrole nitrogens is 1. The van der Waals surface area contributed by atoms with E-state index in [1.807, 2.05) is 18.2 Å². The molecule has 37 heavy (non-hydrogen) atoms. The van der Waals surface area contributed by atoms with Crippen LogP contribution in [0, 0.1) is 29.1 Å². The smallest absolute Gasteiger partial charge is 0.270 e. The SMILES string of the molecule is COc1cccc2[nH]c(C(=O)N3CC(C4CCCC4)CC3C(=O)NC(C#N)CC3CCCCC3=O)cc12. The summed E-state index contributed by atoms with van der Waals surface area (Å²) in [6.07, 6.45) is 8.81. The van der Waals surface area contributed by atoms with E-state index in [0.717, 1.165) is 43.0 Å². The number of carbonyl (C=O) groups is 3. The maximum absolute atomic E-state index is 13.8. The number of ketones is 1. The molecule has 2 N–H and O–H groups in total. The Bertz CT molecular complexity index is 1210. The van der Waals surface area contributed by atoms with Crippen molar-refractivity contribution < 1.29 is 19.1 Å². The minimum absolute atomic E-state index is 0.174. The van der Waals surface area contributed by atoms with Crippen LogP contribution >= 0.6 is 0 Å². The van der Waals surface area contributed by atoms with Gasteiger partial charge in [-0.05, 0) is 55.7 Å². The molecule has 3 fully saturated rings. The fourth-order valence-corrected chi connectivity index (χ4v) is 6.69. The molecule has 8 heteroatoms. The fourth-order valence-electron chi connectivity index (χ4n) is 6.69. The van der Waals surface area contributed by atoms with Crippen molar-refractivity contribution in [2.75, 3.05) is 13.7 Å². The highest BCUT2D eigenvalue weighted by Gasteiger charge is 2.44. The van der Waals surface area contributed by atoms with E-state index in [1.165, 1.54) is 12.8 Å². The lowest BCUT2D eigenvalue weighted by Crippen LogP contribution is -2.49. The second-order valence-electron chi connectivity index (χ2n) is 11.0. The Balaban J connectivity index is 1.35. The third-order valence-electron chi connectivity index (χ3n) is 8.71. The minimum atomic E-state index is -0.737. The Kier molecular flexibility index (Phi) is 7.50. The van der Waals surface area contributed by atoms with Gasteiger partial charge in [0.05, 0.1) is 13.2 Å². The summed E-state index contributed by atoms with van der Waals surface area (Å²) in [5.74, 6) is 0.972. The zero-order chi connectivity index (χ0) is 25.9. The van der Waals surface area contributed by atoms with Crippen molar-refractivity contribution in [2.24, 2.45) is 17.8 Å². The number of hydrogen-bond donors (Lipinski definition) is 2. The van der Waals surface area contributed by atoms with E-state index < -0.39 is 12.1 Å². The summed E-state index contributed by atoms with van der Waals surface area (Å²) in [5, 5.41) is 13.5. The predicted octanol–water partition coefficient (Wildman–Crippen LogP) is 4.36. The van der Waals surface area contributed by atoms with Crippen LogP contribution in [0.4, 0.5) is 0 Å². The van der Waals surface area contributed by atoms with Gasteiger partial charge in [-0.2, -0.15) is 5.26 Å². The van der Waals surface area contributed by atoms with Crippen LogP contribution < -0.4 is 10.1 Å². The van der Waals surface area contributed by atoms with E-state index >= 15 is 0 Å². The van der Waals surface area contributed by atoms with Gasteiger partial charge in [-0.25, -0.2) is 0 Å². The van der Waals surface area contributed by atoms with Crippen LogP contribution in [0.1, 0.15) is 74.7 Å². The van der Waals surface area contributed by atoms with E-state index in [-0.39, 0.29) is 29.4 Å². The lowest BCUT2D eigenvalue weighted by Gasteiger charge is -2.26. The number of nitriles is 1. The standard InChI is InChI=1S/C29H36N4O4/c1-37-27-12-6-10-23-22(27)15-24(32-23)29(36)33-17-20(18-7-2-3-8-18)14-25(33)28(35)31-21(16-30)13-19-9-4-5-11-26(19)34/h6,10,12,15,18-21,25,32H,2-5,7-9,11,13-14,17H2,1H3,(H,31,35). The van der Waals surface area contributed by atoms with Crippen LogP contribution in [0.25, 0.3) is 10.9 Å². The molecule has 2 amide bonds. The molecule has 4 unspecified atom stereocenters. The van der Waals surface area contributed by atoms with Crippen LogP contribution in [0.3, 0.4) is 0 Å². The van der Waals surface area contributed by atoms with Gasteiger partial charge in [0.15, 0.2) is 0 Å². The molecule has 2 heterocycles. The number of nitrogens with zero attached hydrogens (tertiary/aromatic N) is 2. The molecular weight excluding hydrogens is 468 g/mol. The normalized spacial score (nSPS) is 25.2. The molecule has 2 aromatic rings. The van der Waals surface area contributed by atoms with E-state index in [9.17, 15) is 19.6 Å². The van der Waals surface area contributed by atoms with Crippen molar-refractivity contribution in [1.82, 2.24) is 15.2 Å². The van der Waals surface area contributed by atoms with Crippen LogP contribution in [0.2, 0.25) is 0 Å². The second kappa shape index (κ2) is 11.0. The molecule has 1 aromatic carbocycles. The number of fused-ring (bicyclic) bond motifs is 1. The molecule has 2 aliphatic carbocycles. The summed E-state index contributed by atoms with van der Waals surface area (Å²) in [5.41, 5.74) is 1.23. The van der Waals surface area contributed by atoms with Gasteiger partial charge < -0.3 is 19.9 Å². The molecule has 196 valence electrons. The molecule has 1 aromatic heterocycles. The molecule has 1 saturated heterocycles. The Morgan fingerprint density at radius 3 is 2.70 bits per heavy atom. The van der Waals surface area contributed by atoms with Crippen LogP contribution in [0.5, 0.6) is 5.75 Å². The predicted molar refractivity (Wildman–Crippen MR) is 139 cm³/mol. The summed E-state index contributed by atoms with van der Waals surface area (Å²) in [7, 11) is 1.60.